The second-order valence-corrected chi connectivity index (χ2v) is 23.7. The molecule has 0 atom stereocenters. The van der Waals surface area contributed by atoms with Crippen molar-refractivity contribution in [2.75, 3.05) is 9.80 Å². The van der Waals surface area contributed by atoms with E-state index in [1.165, 1.54) is 27.2 Å². The van der Waals surface area contributed by atoms with Crippen molar-refractivity contribution in [3.05, 3.63) is 339 Å². The van der Waals surface area contributed by atoms with Crippen LogP contribution in [-0.2, 0) is 0 Å². The van der Waals surface area contributed by atoms with Crippen molar-refractivity contribution in [3.8, 4) is 83.7 Å². The molecule has 6 heteroatoms. The molecular weight excluding hydrogens is 1100 g/mol. The zero-order valence-corrected chi connectivity index (χ0v) is 49.9. The molecule has 0 saturated heterocycles. The highest BCUT2D eigenvalue weighted by Crippen LogP contribution is 2.54. The van der Waals surface area contributed by atoms with E-state index < -0.39 is 0 Å². The first kappa shape index (κ1) is 53.2. The number of rotatable bonds is 10. The summed E-state index contributed by atoms with van der Waals surface area (Å²) in [6, 6.07) is 117. The first-order valence-electron chi connectivity index (χ1n) is 31.1. The number of hydrogen-bond donors (Lipinski definition) is 0. The lowest BCUT2D eigenvalue weighted by Crippen LogP contribution is -2.61. The van der Waals surface area contributed by atoms with E-state index >= 15 is 0 Å². The molecule has 5 nitrogen and oxygen atoms in total. The summed E-state index contributed by atoms with van der Waals surface area (Å²) in [5.41, 5.74) is 29.8. The molecule has 0 aliphatic carbocycles. The van der Waals surface area contributed by atoms with Crippen molar-refractivity contribution >= 4 is 84.7 Å². The summed E-state index contributed by atoms with van der Waals surface area (Å²) < 4.78 is 2.45. The maximum Gasteiger partial charge on any atom is 0.252 e. The minimum Gasteiger partial charge on any atom is -0.310 e. The van der Waals surface area contributed by atoms with Gasteiger partial charge in [0.2, 0.25) is 0 Å². The lowest BCUT2D eigenvalue weighted by molar-refractivity contribution is 1.17. The summed E-state index contributed by atoms with van der Waals surface area (Å²) in [4.78, 5) is 14.3. The Kier molecular flexibility index (Phi) is 12.9. The number of aromatic nitrogens is 2. The molecule has 0 saturated carbocycles. The van der Waals surface area contributed by atoms with Crippen LogP contribution in [0.4, 0.5) is 39.8 Å². The molecule has 0 bridgehead atoms. The Morgan fingerprint density at radius 1 is 0.330 bits per heavy atom. The molecule has 91 heavy (non-hydrogen) atoms. The molecular formula is C85H56BN5. The summed E-state index contributed by atoms with van der Waals surface area (Å²) in [7, 11) is 0. The fraction of sp³-hybridized carbons (Fsp3) is 0.0118. The van der Waals surface area contributed by atoms with Crippen molar-refractivity contribution in [2.24, 2.45) is 0 Å². The molecule has 15 aromatic rings. The largest absolute Gasteiger partial charge is 0.310 e. The molecule has 0 N–H and O–H groups in total. The van der Waals surface area contributed by atoms with Gasteiger partial charge < -0.3 is 14.4 Å². The molecule has 2 aliphatic rings. The lowest BCUT2D eigenvalue weighted by Gasteiger charge is -2.46. The molecule has 0 unspecified atom stereocenters. The van der Waals surface area contributed by atoms with Gasteiger partial charge in [-0.1, -0.05) is 255 Å². The molecule has 17 rings (SSSR count). The van der Waals surface area contributed by atoms with Gasteiger partial charge in [-0.3, -0.25) is 4.98 Å². The fourth-order valence-corrected chi connectivity index (χ4v) is 14.4. The number of pyridine rings is 1. The zero-order chi connectivity index (χ0) is 60.5. The average molecular weight is 1160 g/mol. The van der Waals surface area contributed by atoms with E-state index in [4.69, 9.17) is 11.6 Å². The van der Waals surface area contributed by atoms with Gasteiger partial charge in [0.1, 0.15) is 0 Å². The van der Waals surface area contributed by atoms with Gasteiger partial charge in [-0.2, -0.15) is 0 Å². The second kappa shape index (κ2) is 22.0. The van der Waals surface area contributed by atoms with E-state index in [0.717, 1.165) is 135 Å². The maximum atomic E-state index is 8.39. The SMILES string of the molecule is [C-]#[N+]c1cccc(-c2cc3c4c(c2)N(c2c(-c5ccccc5)cccc2-c2ccccc2)c2cc(-n5c6ccccc6c6ccccc65)ccc2B4c2ccc(-c4cccc(-c5cccc(C)n5)c4)cc2N3c2c(-c3ccccc3)cccc2-c2ccccc2)c1. The molecule has 2 aromatic heterocycles. The van der Waals surface area contributed by atoms with E-state index in [1.54, 1.807) is 0 Å². The third kappa shape index (κ3) is 8.97. The van der Waals surface area contributed by atoms with E-state index in [0.29, 0.717) is 5.69 Å². The standard InChI is InChI=1S/C85H56BN5/c1-56-24-19-43-76(88-56)64-35-20-33-61(50-64)63-46-48-74-79(52-63)90(84-68(57-25-7-3-8-26-57)39-22-40-69(84)58-27-9-4-10-28-58)81-53-65(62-34-21-36-66(51-62)87-2)54-82-83(81)86(74)75-49-47-67(89-77-44-17-15-37-72(77)73-38-16-18-45-78(73)89)55-80(75)91(82)85-70(59-29-11-5-12-30-59)41-23-42-71(85)60-31-13-6-14-32-60/h3-55H,1H3. The summed E-state index contributed by atoms with van der Waals surface area (Å²) in [5.74, 6) is 0. The Balaban J connectivity index is 1.04. The molecule has 0 amide bonds. The normalized spacial score (nSPS) is 12.2. The van der Waals surface area contributed by atoms with Crippen molar-refractivity contribution in [2.45, 2.75) is 6.92 Å². The van der Waals surface area contributed by atoms with E-state index in [-0.39, 0.29) is 6.71 Å². The van der Waals surface area contributed by atoms with Crippen molar-refractivity contribution < 1.29 is 0 Å². The topological polar surface area (TPSA) is 28.7 Å². The number of hydrogen-bond acceptors (Lipinski definition) is 3. The lowest BCUT2D eigenvalue weighted by atomic mass is 9.33. The summed E-state index contributed by atoms with van der Waals surface area (Å²) in [5, 5.41) is 2.41. The van der Waals surface area contributed by atoms with Crippen molar-refractivity contribution in [3.63, 3.8) is 0 Å². The van der Waals surface area contributed by atoms with Crippen LogP contribution in [0.5, 0.6) is 0 Å². The Hall–Kier alpha value is -12.0. The Bertz CT molecular complexity index is 5230. The first-order chi connectivity index (χ1) is 45.0. The zero-order valence-electron chi connectivity index (χ0n) is 49.9. The summed E-state index contributed by atoms with van der Waals surface area (Å²) in [6.45, 7) is 10.2. The van der Waals surface area contributed by atoms with Crippen LogP contribution in [0, 0.1) is 13.5 Å². The van der Waals surface area contributed by atoms with Gasteiger partial charge in [0.05, 0.1) is 34.7 Å². The summed E-state index contributed by atoms with van der Waals surface area (Å²) >= 11 is 0. The van der Waals surface area contributed by atoms with Gasteiger partial charge in [-0.15, -0.1) is 0 Å². The smallest absolute Gasteiger partial charge is 0.252 e. The quantitative estimate of drug-likeness (QED) is 0.101. The predicted molar refractivity (Wildman–Crippen MR) is 382 cm³/mol. The first-order valence-corrected chi connectivity index (χ1v) is 31.1. The van der Waals surface area contributed by atoms with Gasteiger partial charge in [0, 0.05) is 72.7 Å². The fourth-order valence-electron chi connectivity index (χ4n) is 14.4. The van der Waals surface area contributed by atoms with Gasteiger partial charge in [-0.05, 0) is 135 Å². The predicted octanol–water partition coefficient (Wildman–Crippen LogP) is 20.8. The van der Waals surface area contributed by atoms with Gasteiger partial charge in [0.25, 0.3) is 6.71 Å². The molecule has 424 valence electrons. The molecule has 0 radical (unpaired) electrons. The average Bonchev–Trinajstić information content (AvgIpc) is 0.920. The molecule has 0 fully saturated rings. The maximum absolute atomic E-state index is 8.39. The number of para-hydroxylation sites is 4. The highest BCUT2D eigenvalue weighted by molar-refractivity contribution is 7.00. The van der Waals surface area contributed by atoms with Crippen molar-refractivity contribution in [1.82, 2.24) is 9.55 Å². The number of nitrogens with zero attached hydrogens (tertiary/aromatic N) is 5. The highest BCUT2D eigenvalue weighted by atomic mass is 15.2. The molecule has 13 aromatic carbocycles. The molecule has 2 aliphatic heterocycles. The minimum absolute atomic E-state index is 0.261. The van der Waals surface area contributed by atoms with Gasteiger partial charge in [-0.25, -0.2) is 4.85 Å². The third-order valence-electron chi connectivity index (χ3n) is 18.4. The van der Waals surface area contributed by atoms with Crippen LogP contribution >= 0.6 is 0 Å². The van der Waals surface area contributed by atoms with E-state index in [1.807, 2.05) is 12.1 Å². The summed E-state index contributed by atoms with van der Waals surface area (Å²) in [6.07, 6.45) is 0. The van der Waals surface area contributed by atoms with Crippen LogP contribution in [0.2, 0.25) is 0 Å². The number of benzene rings is 13. The van der Waals surface area contributed by atoms with Crippen LogP contribution in [0.3, 0.4) is 0 Å². The Labute approximate surface area is 530 Å². The highest BCUT2D eigenvalue weighted by Gasteiger charge is 2.46. The monoisotopic (exact) mass is 1160 g/mol. The van der Waals surface area contributed by atoms with E-state index in [9.17, 15) is 0 Å². The third-order valence-corrected chi connectivity index (χ3v) is 18.4. The van der Waals surface area contributed by atoms with Crippen LogP contribution in [-0.4, -0.2) is 16.3 Å². The second-order valence-electron chi connectivity index (χ2n) is 23.7. The van der Waals surface area contributed by atoms with Crippen LogP contribution < -0.4 is 26.2 Å². The van der Waals surface area contributed by atoms with Gasteiger partial charge in [0.15, 0.2) is 5.69 Å². The minimum atomic E-state index is -0.261. The number of fused-ring (bicyclic) bond motifs is 7. The molecule has 4 heterocycles. The van der Waals surface area contributed by atoms with E-state index in [2.05, 4.69) is 336 Å². The van der Waals surface area contributed by atoms with Crippen molar-refractivity contribution in [1.29, 1.82) is 0 Å². The molecule has 0 spiro atoms. The van der Waals surface area contributed by atoms with Crippen LogP contribution in [0.15, 0.2) is 322 Å². The number of aryl methyl sites for hydroxylation is 1. The van der Waals surface area contributed by atoms with Crippen LogP contribution in [0.25, 0.3) is 110 Å². The number of anilines is 6. The Morgan fingerprint density at radius 2 is 0.747 bits per heavy atom. The van der Waals surface area contributed by atoms with Crippen LogP contribution in [0.1, 0.15) is 5.69 Å². The Morgan fingerprint density at radius 3 is 1.27 bits per heavy atom. The van der Waals surface area contributed by atoms with Gasteiger partial charge >= 0.3 is 0 Å².